The Labute approximate surface area is 155 Å². The molecular formula is C16H11ClF3NO6. The summed E-state index contributed by atoms with van der Waals surface area (Å²) in [5, 5.41) is 19.3. The highest BCUT2D eigenvalue weighted by Crippen LogP contribution is 2.38. The Morgan fingerprint density at radius 2 is 1.89 bits per heavy atom. The molecule has 0 aliphatic heterocycles. The monoisotopic (exact) mass is 405 g/mol. The van der Waals surface area contributed by atoms with Crippen LogP contribution in [0, 0.1) is 10.1 Å². The fourth-order valence-electron chi connectivity index (χ4n) is 1.96. The summed E-state index contributed by atoms with van der Waals surface area (Å²) in [5.41, 5.74) is -1.38. The molecule has 0 spiro atoms. The third-order valence-corrected chi connectivity index (χ3v) is 3.48. The molecule has 2 aromatic rings. The Morgan fingerprint density at radius 3 is 2.44 bits per heavy atom. The van der Waals surface area contributed by atoms with Gasteiger partial charge in [-0.25, -0.2) is 0 Å². The molecule has 27 heavy (non-hydrogen) atoms. The third-order valence-electron chi connectivity index (χ3n) is 3.19. The van der Waals surface area contributed by atoms with E-state index >= 15 is 0 Å². The van der Waals surface area contributed by atoms with E-state index in [1.165, 1.54) is 6.07 Å². The average Bonchev–Trinajstić information content (AvgIpc) is 2.55. The predicted octanol–water partition coefficient (Wildman–Crippen LogP) is 4.91. The number of hydrogen-bond acceptors (Lipinski definition) is 5. The van der Waals surface area contributed by atoms with Crippen molar-refractivity contribution in [1.82, 2.24) is 0 Å². The van der Waals surface area contributed by atoms with Crippen molar-refractivity contribution in [2.45, 2.75) is 12.6 Å². The quantitative estimate of drug-likeness (QED) is 0.519. The van der Waals surface area contributed by atoms with Gasteiger partial charge in [0.15, 0.2) is 0 Å². The molecule has 0 amide bonds. The lowest BCUT2D eigenvalue weighted by Crippen LogP contribution is -2.06. The zero-order chi connectivity index (χ0) is 20.2. The van der Waals surface area contributed by atoms with Crippen LogP contribution in [0.2, 0.25) is 5.02 Å². The molecule has 0 saturated heterocycles. The number of halogens is 4. The SMILES string of the molecule is O=C(O)CCOc1cc(Oc2ccc(C(F)(F)F)cc2Cl)ccc1[N+](=O)[O-]. The molecule has 0 aromatic heterocycles. The molecule has 7 nitrogen and oxygen atoms in total. The lowest BCUT2D eigenvalue weighted by Gasteiger charge is -2.12. The van der Waals surface area contributed by atoms with Crippen molar-refractivity contribution in [2.24, 2.45) is 0 Å². The number of carbonyl (C=O) groups is 1. The van der Waals surface area contributed by atoms with Crippen molar-refractivity contribution in [2.75, 3.05) is 6.61 Å². The van der Waals surface area contributed by atoms with Crippen LogP contribution in [0.1, 0.15) is 12.0 Å². The van der Waals surface area contributed by atoms with E-state index < -0.39 is 28.3 Å². The lowest BCUT2D eigenvalue weighted by molar-refractivity contribution is -0.385. The summed E-state index contributed by atoms with van der Waals surface area (Å²) in [5.74, 6) is -1.49. The van der Waals surface area contributed by atoms with Crippen LogP contribution < -0.4 is 9.47 Å². The normalized spacial score (nSPS) is 11.1. The highest BCUT2D eigenvalue weighted by Gasteiger charge is 2.31. The number of alkyl halides is 3. The standard InChI is InChI=1S/C16H11ClF3NO6/c17-11-7-9(16(18,19)20)1-4-13(11)27-10-2-3-12(21(24)25)14(8-10)26-6-5-15(22)23/h1-4,7-8H,5-6H2,(H,22,23). The number of benzene rings is 2. The largest absolute Gasteiger partial charge is 0.486 e. The summed E-state index contributed by atoms with van der Waals surface area (Å²) in [6.45, 7) is -0.319. The first-order chi connectivity index (χ1) is 12.6. The van der Waals surface area contributed by atoms with E-state index in [1.54, 1.807) is 0 Å². The van der Waals surface area contributed by atoms with Crippen molar-refractivity contribution in [3.05, 3.63) is 57.1 Å². The minimum atomic E-state index is -4.57. The van der Waals surface area contributed by atoms with Gasteiger partial charge in [-0.3, -0.25) is 14.9 Å². The maximum Gasteiger partial charge on any atom is 0.416 e. The Morgan fingerprint density at radius 1 is 1.19 bits per heavy atom. The van der Waals surface area contributed by atoms with Crippen LogP contribution >= 0.6 is 11.6 Å². The number of nitrogens with zero attached hydrogens (tertiary/aromatic N) is 1. The lowest BCUT2D eigenvalue weighted by atomic mass is 10.2. The number of rotatable bonds is 7. The molecule has 144 valence electrons. The van der Waals surface area contributed by atoms with Gasteiger partial charge in [0.25, 0.3) is 0 Å². The van der Waals surface area contributed by atoms with E-state index in [0.717, 1.165) is 24.3 Å². The van der Waals surface area contributed by atoms with Gasteiger partial charge < -0.3 is 14.6 Å². The molecule has 1 N–H and O–H groups in total. The molecule has 2 aromatic carbocycles. The number of carboxylic acid groups (broad SMARTS) is 1. The molecule has 0 fully saturated rings. The van der Waals surface area contributed by atoms with Crippen LogP contribution in [0.3, 0.4) is 0 Å². The summed E-state index contributed by atoms with van der Waals surface area (Å²) in [6.07, 6.45) is -4.95. The van der Waals surface area contributed by atoms with E-state index in [1.807, 2.05) is 0 Å². The topological polar surface area (TPSA) is 98.9 Å². The van der Waals surface area contributed by atoms with E-state index in [-0.39, 0.29) is 35.3 Å². The molecule has 0 radical (unpaired) electrons. The first-order valence-corrected chi connectivity index (χ1v) is 7.63. The van der Waals surface area contributed by atoms with Gasteiger partial charge in [0, 0.05) is 12.1 Å². The Kier molecular flexibility index (Phi) is 6.11. The van der Waals surface area contributed by atoms with Crippen molar-refractivity contribution >= 4 is 23.3 Å². The molecule has 11 heteroatoms. The fourth-order valence-corrected chi connectivity index (χ4v) is 2.18. The molecule has 0 unspecified atom stereocenters. The van der Waals surface area contributed by atoms with Gasteiger partial charge in [-0.2, -0.15) is 13.2 Å². The van der Waals surface area contributed by atoms with E-state index in [9.17, 15) is 28.1 Å². The molecule has 0 bridgehead atoms. The number of aliphatic carboxylic acids is 1. The van der Waals surface area contributed by atoms with Crippen LogP contribution in [0.5, 0.6) is 17.2 Å². The highest BCUT2D eigenvalue weighted by atomic mass is 35.5. The zero-order valence-corrected chi connectivity index (χ0v) is 14.1. The molecule has 0 heterocycles. The van der Waals surface area contributed by atoms with Crippen molar-refractivity contribution in [3.8, 4) is 17.2 Å². The highest BCUT2D eigenvalue weighted by molar-refractivity contribution is 6.32. The van der Waals surface area contributed by atoms with Gasteiger partial charge in [-0.1, -0.05) is 11.6 Å². The number of nitro groups is 1. The zero-order valence-electron chi connectivity index (χ0n) is 13.3. The number of ether oxygens (including phenoxy) is 2. The van der Waals surface area contributed by atoms with E-state index in [2.05, 4.69) is 0 Å². The smallest absolute Gasteiger partial charge is 0.416 e. The van der Waals surface area contributed by atoms with Crippen LogP contribution in [-0.2, 0) is 11.0 Å². The van der Waals surface area contributed by atoms with Crippen LogP contribution in [0.25, 0.3) is 0 Å². The molecule has 2 rings (SSSR count). The van der Waals surface area contributed by atoms with Gasteiger partial charge in [-0.05, 0) is 24.3 Å². The molecule has 0 aliphatic rings. The van der Waals surface area contributed by atoms with E-state index in [0.29, 0.717) is 6.07 Å². The van der Waals surface area contributed by atoms with Gasteiger partial charge in [0.1, 0.15) is 11.5 Å². The summed E-state index contributed by atoms with van der Waals surface area (Å²) in [7, 11) is 0. The van der Waals surface area contributed by atoms with E-state index in [4.69, 9.17) is 26.2 Å². The predicted molar refractivity (Wildman–Crippen MR) is 87.4 cm³/mol. The first kappa shape index (κ1) is 20.3. The maximum absolute atomic E-state index is 12.7. The minimum absolute atomic E-state index is 0.00702. The number of nitro benzene ring substituents is 1. The summed E-state index contributed by atoms with van der Waals surface area (Å²) < 4.78 is 48.4. The van der Waals surface area contributed by atoms with Gasteiger partial charge >= 0.3 is 17.8 Å². The second-order valence-corrected chi connectivity index (χ2v) is 5.53. The Hall–Kier alpha value is -3.01. The van der Waals surface area contributed by atoms with Crippen molar-refractivity contribution in [1.29, 1.82) is 0 Å². The van der Waals surface area contributed by atoms with Gasteiger partial charge in [-0.15, -0.1) is 0 Å². The summed E-state index contributed by atoms with van der Waals surface area (Å²) >= 11 is 5.80. The van der Waals surface area contributed by atoms with Crippen LogP contribution in [0.4, 0.5) is 18.9 Å². The second-order valence-electron chi connectivity index (χ2n) is 5.12. The van der Waals surface area contributed by atoms with Crippen molar-refractivity contribution in [3.63, 3.8) is 0 Å². The summed E-state index contributed by atoms with van der Waals surface area (Å²) in [4.78, 5) is 20.8. The molecule has 0 atom stereocenters. The number of hydrogen-bond donors (Lipinski definition) is 1. The summed E-state index contributed by atoms with van der Waals surface area (Å²) in [6, 6.07) is 5.86. The average molecular weight is 406 g/mol. The second kappa shape index (κ2) is 8.12. The fraction of sp³-hybridized carbons (Fsp3) is 0.188. The Balaban J connectivity index is 2.26. The van der Waals surface area contributed by atoms with Crippen molar-refractivity contribution < 1.29 is 37.5 Å². The molecule has 0 saturated carbocycles. The maximum atomic E-state index is 12.7. The first-order valence-electron chi connectivity index (χ1n) is 7.25. The molecule has 0 aliphatic carbocycles. The van der Waals surface area contributed by atoms with Gasteiger partial charge in [0.05, 0.1) is 28.5 Å². The Bertz CT molecular complexity index is 872. The van der Waals surface area contributed by atoms with Gasteiger partial charge in [0.2, 0.25) is 5.75 Å². The third kappa shape index (κ3) is 5.48. The minimum Gasteiger partial charge on any atom is -0.486 e. The van der Waals surface area contributed by atoms with Crippen LogP contribution in [-0.4, -0.2) is 22.6 Å². The number of carboxylic acids is 1. The molecular weight excluding hydrogens is 395 g/mol. The van der Waals surface area contributed by atoms with Crippen LogP contribution in [0.15, 0.2) is 36.4 Å².